The van der Waals surface area contributed by atoms with E-state index < -0.39 is 0 Å². The number of amides is 1. The summed E-state index contributed by atoms with van der Waals surface area (Å²) in [6.07, 6.45) is 2.03. The Morgan fingerprint density at radius 1 is 1.13 bits per heavy atom. The summed E-state index contributed by atoms with van der Waals surface area (Å²) in [5.74, 6) is 2.05. The number of anilines is 1. The Kier molecular flexibility index (Phi) is 6.38. The molecule has 7 heteroatoms. The van der Waals surface area contributed by atoms with E-state index >= 15 is 0 Å². The van der Waals surface area contributed by atoms with Crippen LogP contribution in [-0.4, -0.2) is 33.0 Å². The number of para-hydroxylation sites is 2. The molecule has 2 heterocycles. The van der Waals surface area contributed by atoms with Gasteiger partial charge in [0.1, 0.15) is 12.4 Å². The average molecular weight is 423 g/mol. The average Bonchev–Trinajstić information content (AvgIpc) is 3.18. The second-order valence-corrected chi connectivity index (χ2v) is 8.21. The molecule has 0 unspecified atom stereocenters. The molecule has 1 amide bonds. The van der Waals surface area contributed by atoms with Crippen LogP contribution in [0.4, 0.5) is 5.69 Å². The Labute approximate surface area is 181 Å². The van der Waals surface area contributed by atoms with E-state index in [0.717, 1.165) is 53.9 Å². The van der Waals surface area contributed by atoms with Crippen molar-refractivity contribution in [3.63, 3.8) is 0 Å². The van der Waals surface area contributed by atoms with E-state index in [-0.39, 0.29) is 5.91 Å². The lowest BCUT2D eigenvalue weighted by atomic mass is 10.0. The molecule has 0 bridgehead atoms. The lowest BCUT2D eigenvalue weighted by molar-refractivity contribution is -0.116. The molecule has 0 atom stereocenters. The predicted molar refractivity (Wildman–Crippen MR) is 119 cm³/mol. The van der Waals surface area contributed by atoms with Crippen molar-refractivity contribution in [3.05, 3.63) is 65.5 Å². The van der Waals surface area contributed by atoms with Crippen molar-refractivity contribution >= 4 is 23.4 Å². The van der Waals surface area contributed by atoms with Crippen molar-refractivity contribution in [2.75, 3.05) is 17.2 Å². The van der Waals surface area contributed by atoms with E-state index in [1.54, 1.807) is 0 Å². The smallest absolute Gasteiger partial charge is 0.237 e. The lowest BCUT2D eigenvalue weighted by Crippen LogP contribution is -2.36. The molecular formula is C23H26N4O2S. The summed E-state index contributed by atoms with van der Waals surface area (Å²) < 4.78 is 7.94. The van der Waals surface area contributed by atoms with Crippen LogP contribution < -0.4 is 9.64 Å². The fourth-order valence-electron chi connectivity index (χ4n) is 3.71. The number of carbonyl (C=O) groups excluding carboxylic acids is 1. The minimum Gasteiger partial charge on any atom is -0.485 e. The highest BCUT2D eigenvalue weighted by atomic mass is 32.2. The molecule has 30 heavy (non-hydrogen) atoms. The summed E-state index contributed by atoms with van der Waals surface area (Å²) >= 11 is 1.44. The van der Waals surface area contributed by atoms with Crippen molar-refractivity contribution in [1.29, 1.82) is 0 Å². The number of ether oxygens (including phenoxy) is 1. The maximum Gasteiger partial charge on any atom is 0.237 e. The van der Waals surface area contributed by atoms with Crippen molar-refractivity contribution in [1.82, 2.24) is 14.8 Å². The second-order valence-electron chi connectivity index (χ2n) is 7.26. The third kappa shape index (κ3) is 4.36. The van der Waals surface area contributed by atoms with E-state index in [1.807, 2.05) is 65.8 Å². The van der Waals surface area contributed by atoms with E-state index in [9.17, 15) is 4.79 Å². The molecule has 1 aliphatic rings. The number of hydrogen-bond acceptors (Lipinski definition) is 5. The Bertz CT molecular complexity index is 1030. The number of benzene rings is 2. The van der Waals surface area contributed by atoms with Crippen LogP contribution in [0.3, 0.4) is 0 Å². The number of carbonyl (C=O) groups is 1. The monoisotopic (exact) mass is 422 g/mol. The molecule has 6 nitrogen and oxygen atoms in total. The fourth-order valence-corrected chi connectivity index (χ4v) is 4.61. The van der Waals surface area contributed by atoms with E-state index in [1.165, 1.54) is 17.3 Å². The van der Waals surface area contributed by atoms with Crippen molar-refractivity contribution in [3.8, 4) is 5.75 Å². The van der Waals surface area contributed by atoms with Gasteiger partial charge in [0.2, 0.25) is 5.91 Å². The molecule has 1 aromatic heterocycles. The Hall–Kier alpha value is -2.80. The topological polar surface area (TPSA) is 60.2 Å². The molecule has 0 saturated carbocycles. The summed E-state index contributed by atoms with van der Waals surface area (Å²) in [6.45, 7) is 5.91. The minimum absolute atomic E-state index is 0.107. The summed E-state index contributed by atoms with van der Waals surface area (Å²) in [6, 6.07) is 16.1. The maximum atomic E-state index is 12.9. The molecule has 2 aromatic carbocycles. The molecular weight excluding hydrogens is 396 g/mol. The normalized spacial score (nSPS) is 13.2. The van der Waals surface area contributed by atoms with E-state index in [0.29, 0.717) is 12.4 Å². The van der Waals surface area contributed by atoms with Crippen LogP contribution in [0, 0.1) is 6.92 Å². The first-order chi connectivity index (χ1) is 14.7. The van der Waals surface area contributed by atoms with Gasteiger partial charge in [0.15, 0.2) is 11.0 Å². The number of aromatic nitrogens is 3. The standard InChI is InChI=1S/C23H26N4O2S/c1-3-26-21(15-29-20-13-7-4-9-17(20)2)24-25-23(26)30-16-22(28)27-14-8-11-18-10-5-6-12-19(18)27/h4-7,9-10,12-13H,3,8,11,14-16H2,1-2H3. The third-order valence-corrected chi connectivity index (χ3v) is 6.25. The van der Waals surface area contributed by atoms with Crippen LogP contribution in [-0.2, 0) is 24.4 Å². The molecule has 156 valence electrons. The lowest BCUT2D eigenvalue weighted by Gasteiger charge is -2.29. The second kappa shape index (κ2) is 9.34. The van der Waals surface area contributed by atoms with Gasteiger partial charge in [0.25, 0.3) is 0 Å². The van der Waals surface area contributed by atoms with E-state index in [2.05, 4.69) is 16.3 Å². The zero-order valence-electron chi connectivity index (χ0n) is 17.4. The van der Waals surface area contributed by atoms with Crippen LogP contribution in [0.1, 0.15) is 30.3 Å². The van der Waals surface area contributed by atoms with Gasteiger partial charge in [-0.2, -0.15) is 0 Å². The number of aryl methyl sites for hydroxylation is 2. The third-order valence-electron chi connectivity index (χ3n) is 5.30. The van der Waals surface area contributed by atoms with Gasteiger partial charge in [-0.15, -0.1) is 10.2 Å². The van der Waals surface area contributed by atoms with Gasteiger partial charge < -0.3 is 14.2 Å². The van der Waals surface area contributed by atoms with Gasteiger partial charge in [-0.25, -0.2) is 0 Å². The number of nitrogens with zero attached hydrogens (tertiary/aromatic N) is 4. The van der Waals surface area contributed by atoms with Gasteiger partial charge in [-0.3, -0.25) is 4.79 Å². The van der Waals surface area contributed by atoms with Gasteiger partial charge in [0, 0.05) is 18.8 Å². The molecule has 0 aliphatic carbocycles. The minimum atomic E-state index is 0.107. The molecule has 4 rings (SSSR count). The van der Waals surface area contributed by atoms with E-state index in [4.69, 9.17) is 4.74 Å². The first-order valence-corrected chi connectivity index (χ1v) is 11.3. The van der Waals surface area contributed by atoms with Crippen LogP contribution in [0.15, 0.2) is 53.7 Å². The zero-order chi connectivity index (χ0) is 20.9. The number of fused-ring (bicyclic) bond motifs is 1. The van der Waals surface area contributed by atoms with Crippen LogP contribution in [0.25, 0.3) is 0 Å². The molecule has 0 saturated heterocycles. The number of thioether (sulfide) groups is 1. The van der Waals surface area contributed by atoms with Crippen molar-refractivity contribution < 1.29 is 9.53 Å². The molecule has 1 aliphatic heterocycles. The number of hydrogen-bond donors (Lipinski definition) is 0. The first-order valence-electron chi connectivity index (χ1n) is 10.3. The largest absolute Gasteiger partial charge is 0.485 e. The Morgan fingerprint density at radius 3 is 2.77 bits per heavy atom. The molecule has 3 aromatic rings. The van der Waals surface area contributed by atoms with Gasteiger partial charge in [-0.1, -0.05) is 48.2 Å². The maximum absolute atomic E-state index is 12.9. The summed E-state index contributed by atoms with van der Waals surface area (Å²) in [5, 5.41) is 9.36. The molecule has 0 spiro atoms. The quantitative estimate of drug-likeness (QED) is 0.533. The van der Waals surface area contributed by atoms with Gasteiger partial charge in [-0.05, 0) is 49.9 Å². The van der Waals surface area contributed by atoms with Crippen molar-refractivity contribution in [2.24, 2.45) is 0 Å². The van der Waals surface area contributed by atoms with Crippen LogP contribution >= 0.6 is 11.8 Å². The van der Waals surface area contributed by atoms with Crippen LogP contribution in [0.2, 0.25) is 0 Å². The highest BCUT2D eigenvalue weighted by Gasteiger charge is 2.23. The fraction of sp³-hybridized carbons (Fsp3) is 0.348. The van der Waals surface area contributed by atoms with Gasteiger partial charge >= 0.3 is 0 Å². The summed E-state index contributed by atoms with van der Waals surface area (Å²) in [5.41, 5.74) is 3.37. The zero-order valence-corrected chi connectivity index (χ0v) is 18.2. The Morgan fingerprint density at radius 2 is 1.93 bits per heavy atom. The first kappa shape index (κ1) is 20.5. The Balaban J connectivity index is 1.41. The SMILES string of the molecule is CCn1c(COc2ccccc2C)nnc1SCC(=O)N1CCCc2ccccc21. The summed E-state index contributed by atoms with van der Waals surface area (Å²) in [7, 11) is 0. The van der Waals surface area contributed by atoms with Crippen molar-refractivity contribution in [2.45, 2.75) is 45.0 Å². The number of rotatable bonds is 7. The molecule has 0 N–H and O–H groups in total. The predicted octanol–water partition coefficient (Wildman–Crippen LogP) is 4.26. The highest BCUT2D eigenvalue weighted by molar-refractivity contribution is 7.99. The van der Waals surface area contributed by atoms with Gasteiger partial charge in [0.05, 0.1) is 5.75 Å². The van der Waals surface area contributed by atoms with Crippen LogP contribution in [0.5, 0.6) is 5.75 Å². The highest BCUT2D eigenvalue weighted by Crippen LogP contribution is 2.28. The summed E-state index contributed by atoms with van der Waals surface area (Å²) in [4.78, 5) is 14.8. The molecule has 0 radical (unpaired) electrons. The molecule has 0 fully saturated rings.